The van der Waals surface area contributed by atoms with Gasteiger partial charge >= 0.3 is 0 Å². The van der Waals surface area contributed by atoms with Crippen LogP contribution in [0.4, 0.5) is 5.69 Å². The number of anilines is 1. The lowest BCUT2D eigenvalue weighted by Crippen LogP contribution is -2.07. The molecule has 4 N–H and O–H groups in total. The Labute approximate surface area is 82.8 Å². The van der Waals surface area contributed by atoms with Crippen LogP contribution in [-0.2, 0) is 4.74 Å². The van der Waals surface area contributed by atoms with Gasteiger partial charge in [0.05, 0.1) is 0 Å². The summed E-state index contributed by atoms with van der Waals surface area (Å²) in [6.45, 7) is 2.20. The third-order valence-electron chi connectivity index (χ3n) is 1.92. The topological polar surface area (TPSA) is 79.3 Å². The van der Waals surface area contributed by atoms with Gasteiger partial charge in [-0.15, -0.1) is 0 Å². The van der Waals surface area contributed by atoms with Crippen LogP contribution in [0.25, 0.3) is 0 Å². The maximum atomic E-state index is 9.54. The lowest BCUT2D eigenvalue weighted by Gasteiger charge is -2.14. The summed E-state index contributed by atoms with van der Waals surface area (Å²) >= 11 is 0. The first-order valence-corrected chi connectivity index (χ1v) is 4.39. The van der Waals surface area contributed by atoms with Gasteiger partial charge in [-0.05, 0) is 6.92 Å². The molecule has 0 heterocycles. The predicted molar refractivity (Wildman–Crippen MR) is 55.3 cm³/mol. The lowest BCUT2D eigenvalue weighted by atomic mass is 10.1. The van der Waals surface area contributed by atoms with Crippen molar-refractivity contribution in [1.29, 1.82) is 5.41 Å². The quantitative estimate of drug-likeness (QED) is 0.384. The maximum Gasteiger partial charge on any atom is 0.183 e. The Morgan fingerprint density at radius 2 is 2.36 bits per heavy atom. The van der Waals surface area contributed by atoms with Crippen molar-refractivity contribution in [3.63, 3.8) is 0 Å². The fraction of sp³-hybridized carbons (Fsp3) is 0.300. The van der Waals surface area contributed by atoms with Crippen LogP contribution in [0.5, 0.6) is 0 Å². The molecule has 0 bridgehead atoms. The second kappa shape index (κ2) is 4.74. The Kier molecular flexibility index (Phi) is 3.62. The molecule has 1 atom stereocenters. The zero-order valence-corrected chi connectivity index (χ0v) is 8.03. The smallest absolute Gasteiger partial charge is 0.183 e. The van der Waals surface area contributed by atoms with E-state index in [4.69, 9.17) is 15.9 Å². The minimum absolute atomic E-state index is 0.392. The van der Waals surface area contributed by atoms with Crippen LogP contribution in [0.15, 0.2) is 18.2 Å². The molecule has 0 spiro atoms. The van der Waals surface area contributed by atoms with Gasteiger partial charge < -0.3 is 21.0 Å². The zero-order valence-electron chi connectivity index (χ0n) is 8.03. The summed E-state index contributed by atoms with van der Waals surface area (Å²) in [6.07, 6.45) is 0.136. The van der Waals surface area contributed by atoms with Crippen LogP contribution in [-0.4, -0.2) is 17.9 Å². The van der Waals surface area contributed by atoms with E-state index in [2.05, 4.69) is 0 Å². The summed E-state index contributed by atoms with van der Waals surface area (Å²) < 4.78 is 5.01. The number of nitrogen functional groups attached to an aromatic ring is 1. The van der Waals surface area contributed by atoms with Crippen LogP contribution >= 0.6 is 0 Å². The highest BCUT2D eigenvalue weighted by atomic mass is 16.6. The van der Waals surface area contributed by atoms with Gasteiger partial charge in [-0.2, -0.15) is 0 Å². The van der Waals surface area contributed by atoms with Crippen molar-refractivity contribution in [3.8, 4) is 0 Å². The largest absolute Gasteiger partial charge is 0.398 e. The van der Waals surface area contributed by atoms with Gasteiger partial charge in [0, 0.05) is 29.6 Å². The molecule has 4 nitrogen and oxygen atoms in total. The molecule has 0 aliphatic heterocycles. The van der Waals surface area contributed by atoms with Crippen molar-refractivity contribution in [2.24, 2.45) is 0 Å². The molecular formula is C10H14N2O2. The highest BCUT2D eigenvalue weighted by Crippen LogP contribution is 2.23. The number of para-hydroxylation sites is 1. The number of rotatable bonds is 4. The number of hydrogen-bond donors (Lipinski definition) is 3. The second-order valence-corrected chi connectivity index (χ2v) is 2.80. The van der Waals surface area contributed by atoms with Gasteiger partial charge in [0.15, 0.2) is 6.29 Å². The first kappa shape index (κ1) is 10.7. The first-order valence-electron chi connectivity index (χ1n) is 4.39. The summed E-state index contributed by atoms with van der Waals surface area (Å²) in [6, 6.07) is 5.13. The van der Waals surface area contributed by atoms with E-state index in [9.17, 15) is 5.11 Å². The van der Waals surface area contributed by atoms with Crippen LogP contribution < -0.4 is 5.73 Å². The minimum Gasteiger partial charge on any atom is -0.398 e. The van der Waals surface area contributed by atoms with Gasteiger partial charge in [-0.3, -0.25) is 0 Å². The van der Waals surface area contributed by atoms with Gasteiger partial charge in [0.25, 0.3) is 0 Å². The summed E-state index contributed by atoms with van der Waals surface area (Å²) in [5, 5.41) is 16.6. The number of benzene rings is 1. The Balaban J connectivity index is 3.02. The van der Waals surface area contributed by atoms with Crippen LogP contribution in [0, 0.1) is 5.41 Å². The van der Waals surface area contributed by atoms with E-state index in [-0.39, 0.29) is 0 Å². The normalized spacial score (nSPS) is 12.4. The molecular weight excluding hydrogens is 180 g/mol. The number of hydrogen-bond acceptors (Lipinski definition) is 4. The van der Waals surface area contributed by atoms with E-state index in [1.807, 2.05) is 0 Å². The monoisotopic (exact) mass is 194 g/mol. The first-order chi connectivity index (χ1) is 6.70. The molecule has 0 saturated heterocycles. The van der Waals surface area contributed by atoms with Crippen LogP contribution in [0.2, 0.25) is 0 Å². The predicted octanol–water partition coefficient (Wildman–Crippen LogP) is 1.29. The average molecular weight is 194 g/mol. The molecule has 0 amide bonds. The highest BCUT2D eigenvalue weighted by Gasteiger charge is 2.11. The Bertz CT molecular complexity index is 326. The van der Waals surface area contributed by atoms with Gasteiger partial charge in [-0.1, -0.05) is 18.2 Å². The molecule has 1 aromatic carbocycles. The molecule has 76 valence electrons. The summed E-state index contributed by atoms with van der Waals surface area (Å²) in [4.78, 5) is 0. The molecule has 0 fully saturated rings. The van der Waals surface area contributed by atoms with Crippen molar-refractivity contribution >= 4 is 11.9 Å². The number of aliphatic hydroxyl groups is 1. The maximum absolute atomic E-state index is 9.54. The van der Waals surface area contributed by atoms with Gasteiger partial charge in [-0.25, -0.2) is 0 Å². The molecule has 0 radical (unpaired) electrons. The fourth-order valence-corrected chi connectivity index (χ4v) is 1.19. The molecule has 4 heteroatoms. The molecule has 14 heavy (non-hydrogen) atoms. The van der Waals surface area contributed by atoms with E-state index in [1.165, 1.54) is 0 Å². The van der Waals surface area contributed by atoms with Crippen LogP contribution in [0.1, 0.15) is 24.3 Å². The molecule has 0 aliphatic rings. The highest BCUT2D eigenvalue weighted by molar-refractivity contribution is 5.86. The molecule has 0 saturated carbocycles. The fourth-order valence-electron chi connectivity index (χ4n) is 1.19. The van der Waals surface area contributed by atoms with E-state index >= 15 is 0 Å². The van der Waals surface area contributed by atoms with E-state index < -0.39 is 6.29 Å². The van der Waals surface area contributed by atoms with Gasteiger partial charge in [0.2, 0.25) is 0 Å². The summed E-state index contributed by atoms with van der Waals surface area (Å²) in [5.74, 6) is 0. The average Bonchev–Trinajstić information content (AvgIpc) is 2.18. The Morgan fingerprint density at radius 3 is 2.93 bits per heavy atom. The molecule has 1 rings (SSSR count). The summed E-state index contributed by atoms with van der Waals surface area (Å²) in [5.41, 5.74) is 7.22. The third kappa shape index (κ3) is 2.10. The van der Waals surface area contributed by atoms with E-state index in [0.29, 0.717) is 23.4 Å². The van der Waals surface area contributed by atoms with Crippen LogP contribution in [0.3, 0.4) is 0 Å². The van der Waals surface area contributed by atoms with E-state index in [0.717, 1.165) is 6.21 Å². The van der Waals surface area contributed by atoms with Crippen molar-refractivity contribution in [2.75, 3.05) is 12.3 Å². The van der Waals surface area contributed by atoms with Crippen molar-refractivity contribution in [1.82, 2.24) is 0 Å². The summed E-state index contributed by atoms with van der Waals surface area (Å²) in [7, 11) is 0. The molecule has 0 aliphatic carbocycles. The Hall–Kier alpha value is -1.39. The SMILES string of the molecule is CCOC(O)c1cccc(C=N)c1N. The lowest BCUT2D eigenvalue weighted by molar-refractivity contribution is -0.0974. The standard InChI is InChI=1S/C10H14N2O2/c1-2-14-10(13)8-5-3-4-7(6-11)9(8)12/h3-6,10-11,13H,2,12H2,1H3. The van der Waals surface area contributed by atoms with Crippen molar-refractivity contribution in [3.05, 3.63) is 29.3 Å². The zero-order chi connectivity index (χ0) is 10.6. The van der Waals surface area contributed by atoms with Crippen molar-refractivity contribution in [2.45, 2.75) is 13.2 Å². The molecule has 0 aromatic heterocycles. The number of aliphatic hydroxyl groups excluding tert-OH is 1. The molecule has 1 aromatic rings. The number of ether oxygens (including phenoxy) is 1. The molecule has 1 unspecified atom stereocenters. The van der Waals surface area contributed by atoms with Gasteiger partial charge in [0.1, 0.15) is 0 Å². The van der Waals surface area contributed by atoms with Crippen molar-refractivity contribution < 1.29 is 9.84 Å². The van der Waals surface area contributed by atoms with E-state index in [1.54, 1.807) is 25.1 Å². The number of nitrogens with one attached hydrogen (secondary N) is 1. The second-order valence-electron chi connectivity index (χ2n) is 2.80. The third-order valence-corrected chi connectivity index (χ3v) is 1.92. The minimum atomic E-state index is -1.01. The number of nitrogens with two attached hydrogens (primary N) is 1. The Morgan fingerprint density at radius 1 is 1.64 bits per heavy atom.